The first kappa shape index (κ1) is 23.0. The summed E-state index contributed by atoms with van der Waals surface area (Å²) >= 11 is 6.34. The average molecular weight is 445 g/mol. The molecule has 0 saturated carbocycles. The van der Waals surface area contributed by atoms with Crippen LogP contribution in [0.15, 0.2) is 60.7 Å². The van der Waals surface area contributed by atoms with Crippen molar-refractivity contribution < 1.29 is 28.9 Å². The molecule has 7 heteroatoms. The van der Waals surface area contributed by atoms with E-state index in [1.165, 1.54) is 6.92 Å². The van der Waals surface area contributed by atoms with Crippen LogP contribution in [0.1, 0.15) is 49.7 Å². The number of hydrogen-bond acceptors (Lipinski definition) is 5. The lowest BCUT2D eigenvalue weighted by Gasteiger charge is -2.37. The summed E-state index contributed by atoms with van der Waals surface area (Å²) in [6, 6.07) is 14.6. The number of carboxylic acid groups (broad SMARTS) is 1. The molecule has 0 unspecified atom stereocenters. The number of aliphatic carboxylic acids is 1. The van der Waals surface area contributed by atoms with Gasteiger partial charge in [0.1, 0.15) is 5.75 Å². The Morgan fingerprint density at radius 3 is 2.55 bits per heavy atom. The van der Waals surface area contributed by atoms with Crippen LogP contribution >= 0.6 is 11.6 Å². The number of allylic oxidation sites excluding steroid dienone is 2. The fourth-order valence-corrected chi connectivity index (χ4v) is 3.71. The molecule has 6 nitrogen and oxygen atoms in total. The van der Waals surface area contributed by atoms with Gasteiger partial charge in [-0.05, 0) is 25.0 Å². The van der Waals surface area contributed by atoms with E-state index in [1.54, 1.807) is 18.2 Å². The lowest BCUT2D eigenvalue weighted by Crippen LogP contribution is -2.31. The smallest absolute Gasteiger partial charge is 0.308 e. The quantitative estimate of drug-likeness (QED) is 0.330. The molecule has 1 saturated heterocycles. The number of carboxylic acids is 1. The van der Waals surface area contributed by atoms with Crippen LogP contribution in [0, 0.1) is 5.92 Å². The highest BCUT2D eigenvalue weighted by molar-refractivity contribution is 6.31. The second-order valence-electron chi connectivity index (χ2n) is 7.27. The van der Waals surface area contributed by atoms with E-state index in [4.69, 9.17) is 30.9 Å². The maximum absolute atomic E-state index is 11.6. The normalized spacial score (nSPS) is 21.2. The van der Waals surface area contributed by atoms with Crippen LogP contribution < -0.4 is 4.74 Å². The third-order valence-electron chi connectivity index (χ3n) is 4.93. The monoisotopic (exact) mass is 444 g/mol. The van der Waals surface area contributed by atoms with Crippen molar-refractivity contribution in [3.63, 3.8) is 0 Å². The van der Waals surface area contributed by atoms with Gasteiger partial charge in [-0.3, -0.25) is 9.59 Å². The van der Waals surface area contributed by atoms with Gasteiger partial charge in [-0.15, -0.1) is 0 Å². The predicted molar refractivity (Wildman–Crippen MR) is 116 cm³/mol. The van der Waals surface area contributed by atoms with Crippen LogP contribution in [0.25, 0.3) is 0 Å². The second kappa shape index (κ2) is 11.1. The van der Waals surface area contributed by atoms with Crippen LogP contribution in [0.3, 0.4) is 0 Å². The molecule has 1 fully saturated rings. The molecule has 31 heavy (non-hydrogen) atoms. The predicted octanol–water partition coefficient (Wildman–Crippen LogP) is 5.48. The number of ether oxygens (including phenoxy) is 3. The van der Waals surface area contributed by atoms with Crippen molar-refractivity contribution in [2.75, 3.05) is 6.61 Å². The highest BCUT2D eigenvalue weighted by atomic mass is 35.5. The molecule has 1 aliphatic heterocycles. The molecule has 164 valence electrons. The van der Waals surface area contributed by atoms with Crippen molar-refractivity contribution in [3.8, 4) is 5.75 Å². The molecule has 2 aromatic rings. The zero-order valence-electron chi connectivity index (χ0n) is 17.2. The molecule has 0 radical (unpaired) electrons. The van der Waals surface area contributed by atoms with Crippen molar-refractivity contribution >= 4 is 23.5 Å². The minimum atomic E-state index is -0.829. The maximum atomic E-state index is 11.6. The summed E-state index contributed by atoms with van der Waals surface area (Å²) in [5.41, 5.74) is 1.48. The summed E-state index contributed by atoms with van der Waals surface area (Å²) in [7, 11) is 0. The molecular formula is C24H25ClO6. The van der Waals surface area contributed by atoms with E-state index in [-0.39, 0.29) is 12.3 Å². The van der Waals surface area contributed by atoms with Gasteiger partial charge in [-0.1, -0.05) is 60.2 Å². The number of benzene rings is 2. The lowest BCUT2D eigenvalue weighted by molar-refractivity contribution is -0.244. The molecule has 3 rings (SSSR count). The van der Waals surface area contributed by atoms with E-state index in [1.807, 2.05) is 42.5 Å². The Morgan fingerprint density at radius 1 is 1.13 bits per heavy atom. The van der Waals surface area contributed by atoms with E-state index in [2.05, 4.69) is 0 Å². The summed E-state index contributed by atoms with van der Waals surface area (Å²) in [4.78, 5) is 22.3. The Morgan fingerprint density at radius 2 is 1.84 bits per heavy atom. The summed E-state index contributed by atoms with van der Waals surface area (Å²) in [5.74, 6) is -0.854. The zero-order chi connectivity index (χ0) is 22.2. The largest absolute Gasteiger partial charge is 0.481 e. The first-order valence-electron chi connectivity index (χ1n) is 10.1. The molecule has 1 heterocycles. The van der Waals surface area contributed by atoms with Crippen LogP contribution in [-0.4, -0.2) is 23.7 Å². The van der Waals surface area contributed by atoms with Crippen molar-refractivity contribution in [2.24, 2.45) is 5.92 Å². The number of para-hydroxylation sites is 1. The van der Waals surface area contributed by atoms with Gasteiger partial charge in [0.15, 0.2) is 6.29 Å². The Bertz CT molecular complexity index is 941. The van der Waals surface area contributed by atoms with Crippen molar-refractivity contribution in [1.82, 2.24) is 0 Å². The average Bonchev–Trinajstić information content (AvgIpc) is 2.74. The summed E-state index contributed by atoms with van der Waals surface area (Å²) in [5, 5.41) is 9.34. The van der Waals surface area contributed by atoms with Gasteiger partial charge in [0.05, 0.1) is 12.7 Å². The van der Waals surface area contributed by atoms with Gasteiger partial charge >= 0.3 is 11.9 Å². The molecule has 0 bridgehead atoms. The lowest BCUT2D eigenvalue weighted by atomic mass is 9.91. The molecule has 1 aliphatic rings. The Kier molecular flexibility index (Phi) is 8.23. The fraction of sp³-hybridized carbons (Fsp3) is 0.333. The summed E-state index contributed by atoms with van der Waals surface area (Å²) in [6.45, 7) is 1.76. The van der Waals surface area contributed by atoms with Gasteiger partial charge in [0.2, 0.25) is 0 Å². The van der Waals surface area contributed by atoms with E-state index in [9.17, 15) is 9.59 Å². The number of hydrogen-bond donors (Lipinski definition) is 1. The van der Waals surface area contributed by atoms with Gasteiger partial charge in [-0.2, -0.15) is 0 Å². The SMILES string of the molecule is CC(=O)Oc1ccccc1[C@H]1O[C@@H](c2ccccc2Cl)OC[C@H]1CC=CCCC(=O)O. The van der Waals surface area contributed by atoms with Crippen molar-refractivity contribution in [2.45, 2.75) is 38.6 Å². The zero-order valence-corrected chi connectivity index (χ0v) is 18.0. The van der Waals surface area contributed by atoms with E-state index in [0.29, 0.717) is 30.2 Å². The summed E-state index contributed by atoms with van der Waals surface area (Å²) < 4.78 is 17.7. The fourth-order valence-electron chi connectivity index (χ4n) is 3.49. The number of rotatable bonds is 8. The molecule has 0 amide bonds. The van der Waals surface area contributed by atoms with Crippen LogP contribution in [0.4, 0.5) is 0 Å². The minimum Gasteiger partial charge on any atom is -0.481 e. The van der Waals surface area contributed by atoms with Crippen LogP contribution in [0.5, 0.6) is 5.75 Å². The molecule has 0 aromatic heterocycles. The van der Waals surface area contributed by atoms with Crippen molar-refractivity contribution in [1.29, 1.82) is 0 Å². The van der Waals surface area contributed by atoms with E-state index in [0.717, 1.165) is 11.1 Å². The Balaban J connectivity index is 1.85. The third-order valence-corrected chi connectivity index (χ3v) is 5.27. The third kappa shape index (κ3) is 6.40. The van der Waals surface area contributed by atoms with E-state index < -0.39 is 24.3 Å². The molecule has 0 spiro atoms. The van der Waals surface area contributed by atoms with Gasteiger partial charge in [0, 0.05) is 35.4 Å². The highest BCUT2D eigenvalue weighted by Gasteiger charge is 2.35. The van der Waals surface area contributed by atoms with Gasteiger partial charge in [-0.25, -0.2) is 0 Å². The first-order valence-corrected chi connectivity index (χ1v) is 10.5. The van der Waals surface area contributed by atoms with E-state index >= 15 is 0 Å². The van der Waals surface area contributed by atoms with Gasteiger partial charge < -0.3 is 19.3 Å². The molecular weight excluding hydrogens is 420 g/mol. The summed E-state index contributed by atoms with van der Waals surface area (Å²) in [6.07, 6.45) is 3.89. The standard InChI is InChI=1S/C24H25ClO6/c1-16(26)30-21-13-8-6-11-19(21)23-17(9-3-2-4-14-22(27)28)15-29-24(31-23)18-10-5-7-12-20(18)25/h2-3,5-8,10-13,17,23-24H,4,9,14-15H2,1H3,(H,27,28)/t17-,23+,24+/m1/s1. The highest BCUT2D eigenvalue weighted by Crippen LogP contribution is 2.43. The molecule has 1 N–H and O–H groups in total. The van der Waals surface area contributed by atoms with Crippen LogP contribution in [0.2, 0.25) is 5.02 Å². The Labute approximate surface area is 186 Å². The number of esters is 1. The maximum Gasteiger partial charge on any atom is 0.308 e. The number of halogens is 1. The first-order chi connectivity index (χ1) is 15.0. The minimum absolute atomic E-state index is 0.0588. The van der Waals surface area contributed by atoms with Crippen LogP contribution in [-0.2, 0) is 19.1 Å². The second-order valence-corrected chi connectivity index (χ2v) is 7.68. The Hall–Kier alpha value is -2.67. The topological polar surface area (TPSA) is 82.1 Å². The van der Waals surface area contributed by atoms with Crippen molar-refractivity contribution in [3.05, 3.63) is 76.8 Å². The molecule has 3 atom stereocenters. The number of carbonyl (C=O) groups excluding carboxylic acids is 1. The van der Waals surface area contributed by atoms with Gasteiger partial charge in [0.25, 0.3) is 0 Å². The molecule has 0 aliphatic carbocycles. The number of carbonyl (C=O) groups is 2. The molecule has 2 aromatic carbocycles.